The quantitative estimate of drug-likeness (QED) is 0.784. The molecule has 1 rings (SSSR count). The third-order valence-electron chi connectivity index (χ3n) is 2.38. The topological polar surface area (TPSA) is 47.6 Å². The van der Waals surface area contributed by atoms with E-state index < -0.39 is 0 Å². The van der Waals surface area contributed by atoms with E-state index in [0.29, 0.717) is 31.9 Å². The maximum atomic E-state index is 11.8. The van der Waals surface area contributed by atoms with Crippen molar-refractivity contribution in [1.82, 2.24) is 5.32 Å². The fourth-order valence-corrected chi connectivity index (χ4v) is 1.62. The van der Waals surface area contributed by atoms with Gasteiger partial charge >= 0.3 is 0 Å². The molecule has 4 nitrogen and oxygen atoms in total. The molecule has 0 aliphatic rings. The monoisotopic (exact) mass is 315 g/mol. The van der Waals surface area contributed by atoms with E-state index in [1.807, 2.05) is 19.1 Å². The Morgan fingerprint density at radius 1 is 1.33 bits per heavy atom. The molecule has 0 aromatic heterocycles. The second-order valence-electron chi connectivity index (χ2n) is 3.83. The number of benzene rings is 1. The summed E-state index contributed by atoms with van der Waals surface area (Å²) in [6, 6.07) is 5.52. The lowest BCUT2D eigenvalue weighted by molar-refractivity contribution is 0.0692. The number of amides is 1. The van der Waals surface area contributed by atoms with E-state index >= 15 is 0 Å². The Labute approximate surface area is 116 Å². The highest BCUT2D eigenvalue weighted by Crippen LogP contribution is 2.16. The van der Waals surface area contributed by atoms with Crippen molar-refractivity contribution in [1.29, 1.82) is 0 Å². The van der Waals surface area contributed by atoms with Gasteiger partial charge in [-0.05, 0) is 30.7 Å². The van der Waals surface area contributed by atoms with E-state index in [4.69, 9.17) is 9.47 Å². The summed E-state index contributed by atoms with van der Waals surface area (Å²) in [5, 5.41) is 2.80. The Morgan fingerprint density at radius 2 is 2.11 bits per heavy atom. The average Bonchev–Trinajstić information content (AvgIpc) is 2.36. The van der Waals surface area contributed by atoms with Gasteiger partial charge in [-0.25, -0.2) is 0 Å². The molecule has 100 valence electrons. The molecule has 0 atom stereocenters. The molecule has 0 aliphatic carbocycles. The summed E-state index contributed by atoms with van der Waals surface area (Å²) in [6.07, 6.45) is 0. The maximum Gasteiger partial charge on any atom is 0.251 e. The summed E-state index contributed by atoms with van der Waals surface area (Å²) in [7, 11) is 1.63. The van der Waals surface area contributed by atoms with Crippen LogP contribution in [0.4, 0.5) is 0 Å². The molecule has 1 N–H and O–H groups in total. The van der Waals surface area contributed by atoms with Gasteiger partial charge in [0.05, 0.1) is 19.8 Å². The minimum atomic E-state index is -0.0825. The maximum absolute atomic E-state index is 11.8. The number of rotatable bonds is 7. The summed E-state index contributed by atoms with van der Waals surface area (Å²) >= 11 is 3.40. The largest absolute Gasteiger partial charge is 0.382 e. The van der Waals surface area contributed by atoms with Crippen LogP contribution in [0.3, 0.4) is 0 Å². The van der Waals surface area contributed by atoms with Crippen LogP contribution in [0.15, 0.2) is 22.7 Å². The van der Waals surface area contributed by atoms with Crippen LogP contribution in [0, 0.1) is 6.92 Å². The molecule has 1 amide bonds. The standard InChI is InChI=1S/C13H18BrNO3/c1-10-9-11(3-4-12(10)14)13(16)15-5-6-18-8-7-17-2/h3-4,9H,5-8H2,1-2H3,(H,15,16). The minimum Gasteiger partial charge on any atom is -0.382 e. The van der Waals surface area contributed by atoms with Crippen molar-refractivity contribution in [3.05, 3.63) is 33.8 Å². The Kier molecular flexibility index (Phi) is 6.93. The minimum absolute atomic E-state index is 0.0825. The first-order chi connectivity index (χ1) is 8.65. The SMILES string of the molecule is COCCOCCNC(=O)c1ccc(Br)c(C)c1. The van der Waals surface area contributed by atoms with Crippen LogP contribution >= 0.6 is 15.9 Å². The lowest BCUT2D eigenvalue weighted by Crippen LogP contribution is -2.27. The van der Waals surface area contributed by atoms with Gasteiger partial charge in [0.15, 0.2) is 0 Å². The van der Waals surface area contributed by atoms with E-state index in [-0.39, 0.29) is 5.91 Å². The Hall–Kier alpha value is -0.910. The van der Waals surface area contributed by atoms with Crippen molar-refractivity contribution in [3.63, 3.8) is 0 Å². The fourth-order valence-electron chi connectivity index (χ4n) is 1.37. The third kappa shape index (κ3) is 5.16. The van der Waals surface area contributed by atoms with Crippen LogP contribution in [-0.4, -0.2) is 39.4 Å². The second-order valence-corrected chi connectivity index (χ2v) is 4.68. The van der Waals surface area contributed by atoms with Crippen LogP contribution in [0.1, 0.15) is 15.9 Å². The van der Waals surface area contributed by atoms with Crippen molar-refractivity contribution in [2.75, 3.05) is 33.5 Å². The Balaban J connectivity index is 2.30. The van der Waals surface area contributed by atoms with Crippen LogP contribution in [0.5, 0.6) is 0 Å². The van der Waals surface area contributed by atoms with Crippen molar-refractivity contribution in [2.24, 2.45) is 0 Å². The average molecular weight is 316 g/mol. The molecule has 0 heterocycles. The number of hydrogen-bond acceptors (Lipinski definition) is 3. The van der Waals surface area contributed by atoms with Gasteiger partial charge in [-0.15, -0.1) is 0 Å². The van der Waals surface area contributed by atoms with Crippen LogP contribution in [0.25, 0.3) is 0 Å². The molecule has 0 saturated heterocycles. The van der Waals surface area contributed by atoms with Gasteiger partial charge in [-0.1, -0.05) is 15.9 Å². The lowest BCUT2D eigenvalue weighted by atomic mass is 10.1. The predicted octanol–water partition coefficient (Wildman–Crippen LogP) is 2.15. The van der Waals surface area contributed by atoms with Gasteiger partial charge < -0.3 is 14.8 Å². The summed E-state index contributed by atoms with van der Waals surface area (Å²) in [4.78, 5) is 11.8. The summed E-state index contributed by atoms with van der Waals surface area (Å²) in [6.45, 7) is 4.06. The predicted molar refractivity (Wildman–Crippen MR) is 73.9 cm³/mol. The van der Waals surface area contributed by atoms with Gasteiger partial charge in [0.25, 0.3) is 5.91 Å². The normalized spacial score (nSPS) is 10.4. The highest BCUT2D eigenvalue weighted by Gasteiger charge is 2.05. The number of aryl methyl sites for hydroxylation is 1. The molecule has 0 fully saturated rings. The van der Waals surface area contributed by atoms with Gasteiger partial charge in [-0.2, -0.15) is 0 Å². The van der Waals surface area contributed by atoms with Crippen molar-refractivity contribution in [2.45, 2.75) is 6.92 Å². The molecule has 0 radical (unpaired) electrons. The fraction of sp³-hybridized carbons (Fsp3) is 0.462. The molecule has 1 aromatic rings. The number of hydrogen-bond donors (Lipinski definition) is 1. The zero-order valence-corrected chi connectivity index (χ0v) is 12.2. The molecule has 0 unspecified atom stereocenters. The molecule has 1 aromatic carbocycles. The van der Waals surface area contributed by atoms with Crippen molar-refractivity contribution < 1.29 is 14.3 Å². The molecule has 0 saturated carbocycles. The molecule has 5 heteroatoms. The molecular formula is C13H18BrNO3. The first kappa shape index (κ1) is 15.1. The molecule has 0 bridgehead atoms. The molecule has 0 aliphatic heterocycles. The second kappa shape index (κ2) is 8.24. The number of halogens is 1. The summed E-state index contributed by atoms with van der Waals surface area (Å²) in [5.74, 6) is -0.0825. The highest BCUT2D eigenvalue weighted by atomic mass is 79.9. The van der Waals surface area contributed by atoms with Crippen LogP contribution in [0.2, 0.25) is 0 Å². The number of nitrogens with one attached hydrogen (secondary N) is 1. The van der Waals surface area contributed by atoms with E-state index in [2.05, 4.69) is 21.2 Å². The number of methoxy groups -OCH3 is 1. The van der Waals surface area contributed by atoms with Gasteiger partial charge in [0.2, 0.25) is 0 Å². The third-order valence-corrected chi connectivity index (χ3v) is 3.27. The van der Waals surface area contributed by atoms with E-state index in [1.165, 1.54) is 0 Å². The molecule has 0 spiro atoms. The first-order valence-corrected chi connectivity index (χ1v) is 6.55. The highest BCUT2D eigenvalue weighted by molar-refractivity contribution is 9.10. The first-order valence-electron chi connectivity index (χ1n) is 5.76. The smallest absolute Gasteiger partial charge is 0.251 e. The summed E-state index contributed by atoms with van der Waals surface area (Å²) in [5.41, 5.74) is 1.70. The molecular weight excluding hydrogens is 298 g/mol. The Bertz CT molecular complexity index is 396. The van der Waals surface area contributed by atoms with E-state index in [9.17, 15) is 4.79 Å². The van der Waals surface area contributed by atoms with Gasteiger partial charge in [-0.3, -0.25) is 4.79 Å². The van der Waals surface area contributed by atoms with E-state index in [1.54, 1.807) is 13.2 Å². The van der Waals surface area contributed by atoms with Crippen molar-refractivity contribution >= 4 is 21.8 Å². The zero-order chi connectivity index (χ0) is 13.4. The van der Waals surface area contributed by atoms with E-state index in [0.717, 1.165) is 10.0 Å². The number of carbonyl (C=O) groups excluding carboxylic acids is 1. The number of ether oxygens (including phenoxy) is 2. The summed E-state index contributed by atoms with van der Waals surface area (Å²) < 4.78 is 11.1. The van der Waals surface area contributed by atoms with Gasteiger partial charge in [0.1, 0.15) is 0 Å². The van der Waals surface area contributed by atoms with Gasteiger partial charge in [0, 0.05) is 23.7 Å². The van der Waals surface area contributed by atoms with Crippen LogP contribution in [-0.2, 0) is 9.47 Å². The van der Waals surface area contributed by atoms with Crippen LogP contribution < -0.4 is 5.32 Å². The lowest BCUT2D eigenvalue weighted by Gasteiger charge is -2.07. The van der Waals surface area contributed by atoms with Crippen molar-refractivity contribution in [3.8, 4) is 0 Å². The molecule has 18 heavy (non-hydrogen) atoms. The number of carbonyl (C=O) groups is 1. The Morgan fingerprint density at radius 3 is 2.78 bits per heavy atom. The zero-order valence-electron chi connectivity index (χ0n) is 10.7.